The zero-order valence-corrected chi connectivity index (χ0v) is 11.7. The van der Waals surface area contributed by atoms with Crippen molar-refractivity contribution in [2.24, 2.45) is 11.8 Å². The van der Waals surface area contributed by atoms with Crippen molar-refractivity contribution in [2.45, 2.75) is 44.3 Å². The second-order valence-electron chi connectivity index (χ2n) is 5.61. The summed E-state index contributed by atoms with van der Waals surface area (Å²) in [5, 5.41) is 3.26. The van der Waals surface area contributed by atoms with Crippen LogP contribution in [0, 0.1) is 11.8 Å². The smallest absolute Gasteiger partial charge is 0.316 e. The second-order valence-corrected chi connectivity index (χ2v) is 5.61. The lowest BCUT2D eigenvalue weighted by Crippen LogP contribution is -2.39. The number of rotatable bonds is 4. The zero-order valence-electron chi connectivity index (χ0n) is 11.7. The Balaban J connectivity index is 1.91. The van der Waals surface area contributed by atoms with Gasteiger partial charge < -0.3 is 5.32 Å². The van der Waals surface area contributed by atoms with Crippen LogP contribution in [-0.2, 0) is 6.42 Å². The summed E-state index contributed by atoms with van der Waals surface area (Å²) in [6.07, 6.45) is 2.18. The molecule has 0 spiro atoms. The second kappa shape index (κ2) is 6.57. The lowest BCUT2D eigenvalue weighted by molar-refractivity contribution is -0.184. The Morgan fingerprint density at radius 2 is 2.00 bits per heavy atom. The molecular formula is C15H21F3N2. The molecule has 5 heteroatoms. The maximum atomic E-state index is 12.7. The number of nitrogens with one attached hydrogen (secondary N) is 1. The number of nitrogens with zero attached hydrogens (tertiary/aromatic N) is 1. The van der Waals surface area contributed by atoms with Crippen LogP contribution in [0.3, 0.4) is 0 Å². The minimum atomic E-state index is -4.02. The van der Waals surface area contributed by atoms with E-state index in [1.54, 1.807) is 6.20 Å². The van der Waals surface area contributed by atoms with Crippen LogP contribution < -0.4 is 5.32 Å². The summed E-state index contributed by atoms with van der Waals surface area (Å²) in [6, 6.07) is 4.13. The lowest BCUT2D eigenvalue weighted by atomic mass is 9.77. The minimum Gasteiger partial charge on any atom is -0.316 e. The molecular weight excluding hydrogens is 265 g/mol. The third-order valence-electron chi connectivity index (χ3n) is 4.35. The molecule has 2 nitrogen and oxygen atoms in total. The largest absolute Gasteiger partial charge is 0.391 e. The van der Waals surface area contributed by atoms with E-state index in [1.165, 1.54) is 0 Å². The predicted octanol–water partition coefficient (Wildman–Crippen LogP) is 3.58. The Morgan fingerprint density at radius 3 is 2.50 bits per heavy atom. The van der Waals surface area contributed by atoms with E-state index in [-0.39, 0.29) is 18.9 Å². The molecule has 0 aromatic carbocycles. The van der Waals surface area contributed by atoms with Gasteiger partial charge in [-0.2, -0.15) is 13.2 Å². The number of pyridine rings is 1. The van der Waals surface area contributed by atoms with Crippen LogP contribution >= 0.6 is 0 Å². The fraction of sp³-hybridized carbons (Fsp3) is 0.667. The van der Waals surface area contributed by atoms with Crippen LogP contribution in [0.4, 0.5) is 13.2 Å². The molecule has 1 aromatic rings. The highest BCUT2D eigenvalue weighted by Crippen LogP contribution is 2.40. The van der Waals surface area contributed by atoms with Crippen LogP contribution in [0.5, 0.6) is 0 Å². The predicted molar refractivity (Wildman–Crippen MR) is 72.3 cm³/mol. The quantitative estimate of drug-likeness (QED) is 0.915. The Hall–Kier alpha value is -1.10. The van der Waals surface area contributed by atoms with Crippen LogP contribution in [0.15, 0.2) is 24.5 Å². The van der Waals surface area contributed by atoms with Crippen molar-refractivity contribution in [2.75, 3.05) is 7.05 Å². The topological polar surface area (TPSA) is 24.9 Å². The summed E-state index contributed by atoms with van der Waals surface area (Å²) in [5.74, 6) is -0.784. The molecule has 1 aliphatic rings. The molecule has 112 valence electrons. The van der Waals surface area contributed by atoms with Crippen LogP contribution in [0.1, 0.15) is 31.2 Å². The van der Waals surface area contributed by atoms with Gasteiger partial charge in [-0.3, -0.25) is 4.98 Å². The Bertz CT molecular complexity index is 397. The number of aromatic nitrogens is 1. The first-order valence-corrected chi connectivity index (χ1v) is 7.13. The van der Waals surface area contributed by atoms with Crippen molar-refractivity contribution < 1.29 is 13.2 Å². The van der Waals surface area contributed by atoms with Gasteiger partial charge in [0.2, 0.25) is 0 Å². The van der Waals surface area contributed by atoms with E-state index in [2.05, 4.69) is 10.3 Å². The number of halogens is 3. The molecule has 1 aromatic heterocycles. The van der Waals surface area contributed by atoms with Crippen molar-refractivity contribution in [1.29, 1.82) is 0 Å². The van der Waals surface area contributed by atoms with Crippen LogP contribution in [0.25, 0.3) is 0 Å². The Kier molecular flexibility index (Phi) is 5.02. The summed E-state index contributed by atoms with van der Waals surface area (Å²) in [7, 11) is 1.89. The van der Waals surface area contributed by atoms with Crippen molar-refractivity contribution in [1.82, 2.24) is 10.3 Å². The summed E-state index contributed by atoms with van der Waals surface area (Å²) >= 11 is 0. The number of likely N-dealkylation sites (N-methyl/N-ethyl adjacent to an activating group) is 1. The van der Waals surface area contributed by atoms with Crippen LogP contribution in [0.2, 0.25) is 0 Å². The fourth-order valence-electron chi connectivity index (χ4n) is 3.13. The maximum Gasteiger partial charge on any atom is 0.391 e. The first kappa shape index (κ1) is 15.3. The third-order valence-corrected chi connectivity index (χ3v) is 4.35. The van der Waals surface area contributed by atoms with E-state index >= 15 is 0 Å². The van der Waals surface area contributed by atoms with Crippen molar-refractivity contribution in [3.8, 4) is 0 Å². The minimum absolute atomic E-state index is 0.230. The number of hydrogen-bond donors (Lipinski definition) is 1. The van der Waals surface area contributed by atoms with Crippen molar-refractivity contribution in [3.05, 3.63) is 30.1 Å². The lowest BCUT2D eigenvalue weighted by Gasteiger charge is -2.34. The van der Waals surface area contributed by atoms with Gasteiger partial charge in [0.15, 0.2) is 0 Å². The molecule has 0 bridgehead atoms. The van der Waals surface area contributed by atoms with Crippen LogP contribution in [-0.4, -0.2) is 24.2 Å². The van der Waals surface area contributed by atoms with E-state index in [1.807, 2.05) is 25.4 Å². The van der Waals surface area contributed by atoms with Gasteiger partial charge in [0.1, 0.15) is 0 Å². The molecule has 20 heavy (non-hydrogen) atoms. The molecule has 2 rings (SSSR count). The molecule has 1 aliphatic carbocycles. The Labute approximate surface area is 117 Å². The highest BCUT2D eigenvalue weighted by Gasteiger charge is 2.42. The average Bonchev–Trinajstić information content (AvgIpc) is 2.45. The van der Waals surface area contributed by atoms with Gasteiger partial charge in [-0.1, -0.05) is 6.07 Å². The molecule has 0 radical (unpaired) electrons. The zero-order chi connectivity index (χ0) is 14.6. The molecule has 0 aliphatic heterocycles. The Morgan fingerprint density at radius 1 is 1.30 bits per heavy atom. The first-order chi connectivity index (χ1) is 9.50. The highest BCUT2D eigenvalue weighted by atomic mass is 19.4. The standard InChI is InChI=1S/C15H21F3N2/c1-19-14(9-11-3-2-8-20-10-11)12-4-6-13(7-5-12)15(16,17)18/h2-3,8,10,12-14,19H,4-7,9H2,1H3. The summed E-state index contributed by atoms with van der Waals surface area (Å²) in [4.78, 5) is 4.08. The number of hydrogen-bond acceptors (Lipinski definition) is 2. The van der Waals surface area contributed by atoms with Gasteiger partial charge in [-0.05, 0) is 56.7 Å². The van der Waals surface area contributed by atoms with Gasteiger partial charge in [0, 0.05) is 18.4 Å². The van der Waals surface area contributed by atoms with E-state index in [9.17, 15) is 13.2 Å². The molecule has 0 amide bonds. The molecule has 1 heterocycles. The monoisotopic (exact) mass is 286 g/mol. The van der Waals surface area contributed by atoms with Crippen molar-refractivity contribution in [3.63, 3.8) is 0 Å². The van der Waals surface area contributed by atoms with E-state index in [0.717, 1.165) is 12.0 Å². The molecule has 0 saturated heterocycles. The van der Waals surface area contributed by atoms with Gasteiger partial charge in [-0.15, -0.1) is 0 Å². The molecule has 1 atom stereocenters. The third kappa shape index (κ3) is 3.95. The summed E-state index contributed by atoms with van der Waals surface area (Å²) in [5.41, 5.74) is 1.13. The molecule has 1 saturated carbocycles. The van der Waals surface area contributed by atoms with Crippen molar-refractivity contribution >= 4 is 0 Å². The summed E-state index contributed by atoms with van der Waals surface area (Å²) < 4.78 is 38.0. The molecule has 1 fully saturated rings. The van der Waals surface area contributed by atoms with Gasteiger partial charge >= 0.3 is 6.18 Å². The normalized spacial score (nSPS) is 25.4. The van der Waals surface area contributed by atoms with E-state index in [4.69, 9.17) is 0 Å². The van der Waals surface area contributed by atoms with Gasteiger partial charge in [-0.25, -0.2) is 0 Å². The highest BCUT2D eigenvalue weighted by molar-refractivity contribution is 5.10. The SMILES string of the molecule is CNC(Cc1cccnc1)C1CCC(C(F)(F)F)CC1. The first-order valence-electron chi connectivity index (χ1n) is 7.13. The maximum absolute atomic E-state index is 12.7. The fourth-order valence-corrected chi connectivity index (χ4v) is 3.13. The summed E-state index contributed by atoms with van der Waals surface area (Å²) in [6.45, 7) is 0. The van der Waals surface area contributed by atoms with Gasteiger partial charge in [0.05, 0.1) is 5.92 Å². The van der Waals surface area contributed by atoms with Gasteiger partial charge in [0.25, 0.3) is 0 Å². The number of alkyl halides is 3. The van der Waals surface area contributed by atoms with E-state index in [0.29, 0.717) is 18.8 Å². The van der Waals surface area contributed by atoms with E-state index < -0.39 is 12.1 Å². The average molecular weight is 286 g/mol. The molecule has 1 unspecified atom stereocenters. The molecule has 1 N–H and O–H groups in total.